The fourth-order valence-electron chi connectivity index (χ4n) is 9.66. The number of carbonyl (C=O) groups excluding carboxylic acids is 2. The zero-order valence-corrected chi connectivity index (χ0v) is 19.3. The van der Waals surface area contributed by atoms with E-state index < -0.39 is 39.8 Å². The molecule has 0 aromatic carbocycles. The third-order valence-electron chi connectivity index (χ3n) is 10.4. The summed E-state index contributed by atoms with van der Waals surface area (Å²) < 4.78 is 12.6. The number of hydrogen-bond acceptors (Lipinski definition) is 6. The standard InChI is InChI=1S/C25H34O6/c1-20(2)10-9-14(26)23-11-30-25(19(28)17(20)23,31-22(5,6)29)24-13(23)8-7-12-15(24)16(18(24)27)21(12,3)4/h9-10,12-13,15-17,19,28-29H,7-8,11H2,1-6H3/t12-,13+,15+,16?,17-,19+,23-,24-,25+/m1/s1. The lowest BCUT2D eigenvalue weighted by Crippen LogP contribution is -2.94. The van der Waals surface area contributed by atoms with Gasteiger partial charge in [-0.05, 0) is 61.3 Å². The van der Waals surface area contributed by atoms with Gasteiger partial charge in [0.25, 0.3) is 0 Å². The number of ketones is 2. The molecule has 7 aliphatic rings. The van der Waals surface area contributed by atoms with E-state index >= 15 is 0 Å². The molecule has 4 saturated carbocycles. The van der Waals surface area contributed by atoms with Gasteiger partial charge in [0.05, 0.1) is 17.4 Å². The van der Waals surface area contributed by atoms with E-state index in [-0.39, 0.29) is 41.3 Å². The summed E-state index contributed by atoms with van der Waals surface area (Å²) in [7, 11) is 0. The normalized spacial score (nSPS) is 55.0. The summed E-state index contributed by atoms with van der Waals surface area (Å²) in [5.41, 5.74) is -2.59. The third-order valence-corrected chi connectivity index (χ3v) is 10.4. The first-order valence-corrected chi connectivity index (χ1v) is 11.7. The SMILES string of the molecule is CC(C)(O)O[C@@]12OC[C@]3(C(=O)C=CC(C)(C)[C@H]3[C@@H]1O)[C@@H]1CC[C@@H]3[C@H]4C(C(=O)[C@]412)C3(C)C. The van der Waals surface area contributed by atoms with Crippen LogP contribution in [0.3, 0.4) is 0 Å². The second-order valence-corrected chi connectivity index (χ2v) is 12.8. The summed E-state index contributed by atoms with van der Waals surface area (Å²) in [4.78, 5) is 27.7. The highest BCUT2D eigenvalue weighted by atomic mass is 16.8. The number of ether oxygens (including phenoxy) is 2. The molecule has 9 atom stereocenters. The Hall–Kier alpha value is -1.08. The second kappa shape index (κ2) is 5.19. The Morgan fingerprint density at radius 3 is 2.48 bits per heavy atom. The lowest BCUT2D eigenvalue weighted by Gasteiger charge is -2.85. The summed E-state index contributed by atoms with van der Waals surface area (Å²) in [6.07, 6.45) is 4.03. The topological polar surface area (TPSA) is 93.1 Å². The molecule has 2 N–H and O–H groups in total. The van der Waals surface area contributed by atoms with Crippen molar-refractivity contribution in [3.8, 4) is 0 Å². The van der Waals surface area contributed by atoms with E-state index in [1.807, 2.05) is 19.9 Å². The molecule has 2 heterocycles. The molecule has 2 aliphatic heterocycles. The lowest BCUT2D eigenvalue weighted by atomic mass is 9.20. The molecule has 6 heteroatoms. The largest absolute Gasteiger partial charge is 0.387 e. The summed E-state index contributed by atoms with van der Waals surface area (Å²) in [6, 6.07) is 0. The highest BCUT2D eigenvalue weighted by molar-refractivity contribution is 6.03. The number of Topliss-reactive ketones (excluding diaryl/α,β-unsaturated/α-hetero) is 1. The molecular weight excluding hydrogens is 396 g/mol. The first-order chi connectivity index (χ1) is 14.2. The van der Waals surface area contributed by atoms with E-state index in [9.17, 15) is 19.8 Å². The maximum atomic E-state index is 14.1. The predicted molar refractivity (Wildman–Crippen MR) is 110 cm³/mol. The number of carbonyl (C=O) groups is 2. The van der Waals surface area contributed by atoms with Crippen LogP contribution in [0.1, 0.15) is 54.4 Å². The number of aliphatic hydroxyl groups excluding tert-OH is 1. The Balaban J connectivity index is 1.63. The first-order valence-electron chi connectivity index (χ1n) is 11.7. The zero-order valence-electron chi connectivity index (χ0n) is 19.3. The average molecular weight is 431 g/mol. The van der Waals surface area contributed by atoms with Gasteiger partial charge in [-0.25, -0.2) is 0 Å². The molecule has 0 aromatic heterocycles. The number of rotatable bonds is 2. The van der Waals surface area contributed by atoms with E-state index in [4.69, 9.17) is 9.47 Å². The van der Waals surface area contributed by atoms with Crippen LogP contribution in [-0.4, -0.2) is 46.1 Å². The average Bonchev–Trinajstić information content (AvgIpc) is 2.63. The fraction of sp³-hybridized carbons (Fsp3) is 0.840. The van der Waals surface area contributed by atoms with Crippen LogP contribution < -0.4 is 0 Å². The molecule has 31 heavy (non-hydrogen) atoms. The van der Waals surface area contributed by atoms with E-state index in [0.717, 1.165) is 12.8 Å². The minimum absolute atomic E-state index is 0.0192. The van der Waals surface area contributed by atoms with E-state index in [1.54, 1.807) is 6.08 Å². The van der Waals surface area contributed by atoms with Gasteiger partial charge < -0.3 is 19.7 Å². The molecule has 6 nitrogen and oxygen atoms in total. The van der Waals surface area contributed by atoms with Crippen LogP contribution in [0.2, 0.25) is 0 Å². The van der Waals surface area contributed by atoms with Crippen LogP contribution in [-0.2, 0) is 19.1 Å². The molecule has 1 unspecified atom stereocenters. The molecule has 0 radical (unpaired) electrons. The molecule has 2 saturated heterocycles. The van der Waals surface area contributed by atoms with Crippen molar-refractivity contribution in [2.45, 2.75) is 72.1 Å². The smallest absolute Gasteiger partial charge is 0.211 e. The monoisotopic (exact) mass is 430 g/mol. The fourth-order valence-corrected chi connectivity index (χ4v) is 9.66. The summed E-state index contributed by atoms with van der Waals surface area (Å²) in [5.74, 6) is -3.68. The van der Waals surface area contributed by atoms with Crippen LogP contribution in [0.5, 0.6) is 0 Å². The Kier molecular flexibility index (Phi) is 3.43. The highest BCUT2D eigenvalue weighted by Gasteiger charge is 2.94. The van der Waals surface area contributed by atoms with Gasteiger partial charge in [-0.2, -0.15) is 0 Å². The maximum absolute atomic E-state index is 14.1. The van der Waals surface area contributed by atoms with E-state index in [2.05, 4.69) is 13.8 Å². The summed E-state index contributed by atoms with van der Waals surface area (Å²) >= 11 is 0. The van der Waals surface area contributed by atoms with Gasteiger partial charge in [-0.3, -0.25) is 9.59 Å². The Bertz CT molecular complexity index is 942. The van der Waals surface area contributed by atoms with Gasteiger partial charge in [0.15, 0.2) is 11.6 Å². The predicted octanol–water partition coefficient (Wildman–Crippen LogP) is 2.47. The van der Waals surface area contributed by atoms with Gasteiger partial charge >= 0.3 is 0 Å². The lowest BCUT2D eigenvalue weighted by molar-refractivity contribution is -0.502. The van der Waals surface area contributed by atoms with Crippen molar-refractivity contribution in [3.05, 3.63) is 12.2 Å². The maximum Gasteiger partial charge on any atom is 0.211 e. The number of aliphatic hydroxyl groups is 2. The van der Waals surface area contributed by atoms with Crippen molar-refractivity contribution in [1.29, 1.82) is 0 Å². The molecule has 0 aromatic rings. The molecule has 170 valence electrons. The molecule has 2 spiro atoms. The van der Waals surface area contributed by atoms with Gasteiger partial charge in [-0.15, -0.1) is 0 Å². The first kappa shape index (κ1) is 20.5. The Morgan fingerprint density at radius 2 is 1.84 bits per heavy atom. The van der Waals surface area contributed by atoms with Crippen molar-refractivity contribution >= 4 is 11.6 Å². The van der Waals surface area contributed by atoms with Gasteiger partial charge in [0.2, 0.25) is 5.79 Å². The quantitative estimate of drug-likeness (QED) is 0.654. The second-order valence-electron chi connectivity index (χ2n) is 12.8. The van der Waals surface area contributed by atoms with Crippen molar-refractivity contribution in [2.24, 2.45) is 51.2 Å². The zero-order chi connectivity index (χ0) is 22.6. The number of allylic oxidation sites excluding steroid dienone is 2. The minimum atomic E-state index is -1.64. The van der Waals surface area contributed by atoms with Crippen LogP contribution in [0.15, 0.2) is 12.2 Å². The summed E-state index contributed by atoms with van der Waals surface area (Å²) in [6.45, 7) is 11.5. The minimum Gasteiger partial charge on any atom is -0.387 e. The van der Waals surface area contributed by atoms with Crippen molar-refractivity contribution < 1.29 is 29.3 Å². The van der Waals surface area contributed by atoms with Crippen molar-refractivity contribution in [2.75, 3.05) is 6.61 Å². The number of hydrogen-bond donors (Lipinski definition) is 2. The molecule has 6 fully saturated rings. The molecule has 7 rings (SSSR count). The molecular formula is C25H34O6. The van der Waals surface area contributed by atoms with Gasteiger partial charge in [0, 0.05) is 11.8 Å². The van der Waals surface area contributed by atoms with Crippen molar-refractivity contribution in [1.82, 2.24) is 0 Å². The van der Waals surface area contributed by atoms with Crippen molar-refractivity contribution in [3.63, 3.8) is 0 Å². The molecule has 0 amide bonds. The van der Waals surface area contributed by atoms with E-state index in [0.29, 0.717) is 5.92 Å². The number of fused-ring (bicyclic) bond motifs is 1. The molecule has 5 aliphatic carbocycles. The van der Waals surface area contributed by atoms with E-state index in [1.165, 1.54) is 13.8 Å². The Morgan fingerprint density at radius 1 is 1.16 bits per heavy atom. The third kappa shape index (κ3) is 1.80. The Labute approximate surface area is 183 Å². The van der Waals surface area contributed by atoms with Crippen LogP contribution in [0, 0.1) is 51.2 Å². The van der Waals surface area contributed by atoms with Crippen LogP contribution in [0.25, 0.3) is 0 Å². The van der Waals surface area contributed by atoms with Crippen LogP contribution in [0.4, 0.5) is 0 Å². The molecule has 2 bridgehead atoms. The summed E-state index contributed by atoms with van der Waals surface area (Å²) in [5, 5.41) is 22.7. The highest BCUT2D eigenvalue weighted by Crippen LogP contribution is 2.86. The van der Waals surface area contributed by atoms with Crippen LogP contribution >= 0.6 is 0 Å². The van der Waals surface area contributed by atoms with Gasteiger partial charge in [-0.1, -0.05) is 33.8 Å². The van der Waals surface area contributed by atoms with Gasteiger partial charge in [0.1, 0.15) is 11.9 Å².